The van der Waals surface area contributed by atoms with Crippen LogP contribution in [0.2, 0.25) is 0 Å². The molecule has 0 fully saturated rings. The monoisotopic (exact) mass is 365 g/mol. The molecule has 2 aromatic heterocycles. The second-order valence-corrected chi connectivity index (χ2v) is 7.98. The Morgan fingerprint density at radius 3 is 2.92 bits per heavy atom. The van der Waals surface area contributed by atoms with Gasteiger partial charge in [0.2, 0.25) is 0 Å². The molecule has 1 aliphatic carbocycles. The Labute approximate surface area is 157 Å². The van der Waals surface area contributed by atoms with Gasteiger partial charge in [-0.25, -0.2) is 4.98 Å². The first-order chi connectivity index (χ1) is 12.7. The third-order valence-corrected chi connectivity index (χ3v) is 6.38. The minimum Gasteiger partial charge on any atom is -0.397 e. The van der Waals surface area contributed by atoms with Crippen LogP contribution in [0.25, 0.3) is 10.2 Å². The molecule has 0 unspecified atom stereocenters. The van der Waals surface area contributed by atoms with Gasteiger partial charge < -0.3 is 11.1 Å². The van der Waals surface area contributed by atoms with E-state index in [0.717, 1.165) is 34.5 Å². The fourth-order valence-electron chi connectivity index (χ4n) is 3.64. The molecule has 0 saturated carbocycles. The van der Waals surface area contributed by atoms with Crippen molar-refractivity contribution in [3.8, 4) is 0 Å². The number of aryl methyl sites for hydroxylation is 1. The van der Waals surface area contributed by atoms with Gasteiger partial charge in [-0.15, -0.1) is 11.3 Å². The maximum absolute atomic E-state index is 12.6. The minimum absolute atomic E-state index is 0.126. The average molecular weight is 366 g/mol. The van der Waals surface area contributed by atoms with E-state index in [1.165, 1.54) is 35.4 Å². The molecule has 0 aliphatic heterocycles. The molecule has 5 heteroatoms. The molecule has 2 heterocycles. The van der Waals surface area contributed by atoms with Gasteiger partial charge in [-0.05, 0) is 42.4 Å². The van der Waals surface area contributed by atoms with E-state index in [2.05, 4.69) is 18.3 Å². The molecule has 3 N–H and O–H groups in total. The highest BCUT2D eigenvalue weighted by Gasteiger charge is 2.23. The maximum atomic E-state index is 12.6. The second kappa shape index (κ2) is 7.08. The van der Waals surface area contributed by atoms with E-state index in [4.69, 9.17) is 10.7 Å². The summed E-state index contributed by atoms with van der Waals surface area (Å²) >= 11 is 1.40. The lowest BCUT2D eigenvalue weighted by atomic mass is 9.85. The van der Waals surface area contributed by atoms with E-state index in [0.29, 0.717) is 17.1 Å². The highest BCUT2D eigenvalue weighted by atomic mass is 32.1. The van der Waals surface area contributed by atoms with E-state index in [-0.39, 0.29) is 5.91 Å². The van der Waals surface area contributed by atoms with E-state index in [1.807, 2.05) is 30.3 Å². The zero-order valence-electron chi connectivity index (χ0n) is 14.9. The smallest absolute Gasteiger partial charge is 0.263 e. The summed E-state index contributed by atoms with van der Waals surface area (Å²) < 4.78 is 0. The van der Waals surface area contributed by atoms with Crippen molar-refractivity contribution in [2.24, 2.45) is 5.92 Å². The summed E-state index contributed by atoms with van der Waals surface area (Å²) in [5, 5.41) is 3.89. The van der Waals surface area contributed by atoms with Crippen molar-refractivity contribution in [3.05, 3.63) is 58.1 Å². The molecule has 1 aromatic carbocycles. The third-order valence-electron chi connectivity index (χ3n) is 5.27. The predicted molar refractivity (Wildman–Crippen MR) is 107 cm³/mol. The molecule has 134 valence electrons. The van der Waals surface area contributed by atoms with Crippen molar-refractivity contribution in [1.29, 1.82) is 0 Å². The topological polar surface area (TPSA) is 68.0 Å². The van der Waals surface area contributed by atoms with Crippen molar-refractivity contribution in [3.63, 3.8) is 0 Å². The SMILES string of the molecule is CC[C@H]1CCc2nc3sc(C(=O)NCc4ccccc4)c(N)c3cc2C1. The van der Waals surface area contributed by atoms with Crippen molar-refractivity contribution in [2.75, 3.05) is 5.73 Å². The lowest BCUT2D eigenvalue weighted by Crippen LogP contribution is -2.22. The summed E-state index contributed by atoms with van der Waals surface area (Å²) in [7, 11) is 0. The van der Waals surface area contributed by atoms with Crippen LogP contribution in [-0.2, 0) is 19.4 Å². The van der Waals surface area contributed by atoms with Crippen molar-refractivity contribution in [2.45, 2.75) is 39.2 Å². The Hall–Kier alpha value is -2.40. The number of hydrogen-bond acceptors (Lipinski definition) is 4. The van der Waals surface area contributed by atoms with Crippen LogP contribution in [-0.4, -0.2) is 10.9 Å². The van der Waals surface area contributed by atoms with E-state index >= 15 is 0 Å². The van der Waals surface area contributed by atoms with Crippen molar-refractivity contribution < 1.29 is 4.79 Å². The first-order valence-electron chi connectivity index (χ1n) is 9.18. The quantitative estimate of drug-likeness (QED) is 0.723. The van der Waals surface area contributed by atoms with Gasteiger partial charge in [0.05, 0.1) is 5.69 Å². The Morgan fingerprint density at radius 1 is 1.35 bits per heavy atom. The number of hydrogen-bond donors (Lipinski definition) is 2. The van der Waals surface area contributed by atoms with Crippen LogP contribution >= 0.6 is 11.3 Å². The van der Waals surface area contributed by atoms with E-state index < -0.39 is 0 Å². The van der Waals surface area contributed by atoms with E-state index in [9.17, 15) is 4.79 Å². The summed E-state index contributed by atoms with van der Waals surface area (Å²) in [5.41, 5.74) is 10.4. The zero-order valence-corrected chi connectivity index (χ0v) is 15.7. The number of amides is 1. The first-order valence-corrected chi connectivity index (χ1v) is 10.00. The van der Waals surface area contributed by atoms with Gasteiger partial charge in [0.15, 0.2) is 0 Å². The number of nitrogen functional groups attached to an aromatic ring is 1. The molecule has 0 bridgehead atoms. The number of pyridine rings is 1. The molecule has 1 amide bonds. The number of carbonyl (C=O) groups is 1. The van der Waals surface area contributed by atoms with Gasteiger partial charge in [-0.3, -0.25) is 4.79 Å². The summed E-state index contributed by atoms with van der Waals surface area (Å²) in [6, 6.07) is 12.0. The van der Waals surface area contributed by atoms with E-state index in [1.54, 1.807) is 0 Å². The second-order valence-electron chi connectivity index (χ2n) is 6.98. The number of rotatable bonds is 4. The summed E-state index contributed by atoms with van der Waals surface area (Å²) in [6.07, 6.45) is 4.49. The van der Waals surface area contributed by atoms with Gasteiger partial charge >= 0.3 is 0 Å². The number of fused-ring (bicyclic) bond motifs is 2. The Bertz CT molecular complexity index is 949. The normalized spacial score (nSPS) is 16.4. The van der Waals surface area contributed by atoms with Crippen LogP contribution in [0.5, 0.6) is 0 Å². The van der Waals surface area contributed by atoms with Crippen LogP contribution in [0.4, 0.5) is 5.69 Å². The number of nitrogens with one attached hydrogen (secondary N) is 1. The predicted octanol–water partition coefficient (Wildman–Crippen LogP) is 4.32. The van der Waals surface area contributed by atoms with Crippen molar-refractivity contribution in [1.82, 2.24) is 10.3 Å². The minimum atomic E-state index is -0.126. The molecule has 0 spiro atoms. The molecular weight excluding hydrogens is 342 g/mol. The number of nitrogens with two attached hydrogens (primary N) is 1. The van der Waals surface area contributed by atoms with Crippen LogP contribution in [0.1, 0.15) is 46.3 Å². The Balaban J connectivity index is 1.60. The number of thiophene rings is 1. The molecule has 26 heavy (non-hydrogen) atoms. The summed E-state index contributed by atoms with van der Waals surface area (Å²) in [4.78, 5) is 18.9. The van der Waals surface area contributed by atoms with Gasteiger partial charge in [0.25, 0.3) is 5.91 Å². The summed E-state index contributed by atoms with van der Waals surface area (Å²) in [5.74, 6) is 0.606. The van der Waals surface area contributed by atoms with Crippen LogP contribution < -0.4 is 11.1 Å². The molecule has 0 saturated heterocycles. The van der Waals surface area contributed by atoms with Crippen molar-refractivity contribution >= 4 is 33.1 Å². The number of carbonyl (C=O) groups excluding carboxylic acids is 1. The lowest BCUT2D eigenvalue weighted by molar-refractivity contribution is 0.0956. The Kier molecular flexibility index (Phi) is 4.64. The van der Waals surface area contributed by atoms with Crippen LogP contribution in [0.3, 0.4) is 0 Å². The molecule has 3 aromatic rings. The highest BCUT2D eigenvalue weighted by molar-refractivity contribution is 7.21. The molecule has 0 radical (unpaired) electrons. The maximum Gasteiger partial charge on any atom is 0.263 e. The van der Waals surface area contributed by atoms with Gasteiger partial charge in [-0.1, -0.05) is 43.7 Å². The van der Waals surface area contributed by atoms with Gasteiger partial charge in [0.1, 0.15) is 9.71 Å². The highest BCUT2D eigenvalue weighted by Crippen LogP contribution is 2.36. The fourth-order valence-corrected chi connectivity index (χ4v) is 4.65. The number of anilines is 1. The molecule has 1 atom stereocenters. The fraction of sp³-hybridized carbons (Fsp3) is 0.333. The Morgan fingerprint density at radius 2 is 2.15 bits per heavy atom. The van der Waals surface area contributed by atoms with Gasteiger partial charge in [-0.2, -0.15) is 0 Å². The number of nitrogens with zero attached hydrogens (tertiary/aromatic N) is 1. The van der Waals surface area contributed by atoms with Crippen LogP contribution in [0, 0.1) is 5.92 Å². The lowest BCUT2D eigenvalue weighted by Gasteiger charge is -2.22. The average Bonchev–Trinajstić information content (AvgIpc) is 3.00. The zero-order chi connectivity index (χ0) is 18.1. The standard InChI is InChI=1S/C21H23N3OS/c1-2-13-8-9-17-15(10-13)11-16-18(22)19(26-21(16)24-17)20(25)23-12-14-6-4-3-5-7-14/h3-7,11,13H,2,8-10,12,22H2,1H3,(H,23,25)/t13-/m0/s1. The largest absolute Gasteiger partial charge is 0.397 e. The summed E-state index contributed by atoms with van der Waals surface area (Å²) in [6.45, 7) is 2.74. The van der Waals surface area contributed by atoms with Gasteiger partial charge in [0, 0.05) is 17.6 Å². The van der Waals surface area contributed by atoms with Crippen LogP contribution in [0.15, 0.2) is 36.4 Å². The number of aromatic nitrogens is 1. The first kappa shape index (κ1) is 17.0. The molecule has 4 rings (SSSR count). The third kappa shape index (κ3) is 3.19. The molecule has 4 nitrogen and oxygen atoms in total. The molecular formula is C21H23N3OS. The number of benzene rings is 1. The molecule has 1 aliphatic rings.